The Labute approximate surface area is 135 Å². The van der Waals surface area contributed by atoms with Crippen molar-refractivity contribution < 1.29 is 4.79 Å². The summed E-state index contributed by atoms with van der Waals surface area (Å²) in [7, 11) is 3.83. The third kappa shape index (κ3) is 2.55. The fraction of sp³-hybridized carbons (Fsp3) is 0.562. The maximum atomic E-state index is 12.5. The number of rotatable bonds is 3. The predicted molar refractivity (Wildman–Crippen MR) is 85.7 cm³/mol. The van der Waals surface area contributed by atoms with Gasteiger partial charge in [0.05, 0.1) is 24.1 Å². The van der Waals surface area contributed by atoms with E-state index in [2.05, 4.69) is 21.3 Å². The van der Waals surface area contributed by atoms with E-state index in [0.717, 1.165) is 31.6 Å². The summed E-state index contributed by atoms with van der Waals surface area (Å²) in [6.07, 6.45) is 10.3. The van der Waals surface area contributed by atoms with Gasteiger partial charge in [-0.15, -0.1) is 0 Å². The zero-order valence-electron chi connectivity index (χ0n) is 13.6. The van der Waals surface area contributed by atoms with Gasteiger partial charge >= 0.3 is 0 Å². The fourth-order valence-electron chi connectivity index (χ4n) is 4.01. The van der Waals surface area contributed by atoms with Crippen molar-refractivity contribution in [2.24, 2.45) is 14.1 Å². The van der Waals surface area contributed by atoms with Gasteiger partial charge in [-0.3, -0.25) is 19.1 Å². The van der Waals surface area contributed by atoms with Crippen molar-refractivity contribution in [2.45, 2.75) is 37.9 Å². The Morgan fingerprint density at radius 3 is 2.57 bits per heavy atom. The highest BCUT2D eigenvalue weighted by molar-refractivity contribution is 5.94. The lowest BCUT2D eigenvalue weighted by atomic mass is 9.96. The minimum Gasteiger partial charge on any atom is -0.305 e. The largest absolute Gasteiger partial charge is 0.305 e. The second kappa shape index (κ2) is 5.49. The number of amides is 1. The summed E-state index contributed by atoms with van der Waals surface area (Å²) in [5, 5.41) is 8.48. The van der Waals surface area contributed by atoms with Gasteiger partial charge < -0.3 is 4.90 Å². The molecule has 4 heterocycles. The molecule has 2 aliphatic heterocycles. The molecule has 7 heteroatoms. The molecule has 0 aromatic carbocycles. The summed E-state index contributed by atoms with van der Waals surface area (Å²) in [5.41, 5.74) is 2.16. The average Bonchev–Trinajstić information content (AvgIpc) is 3.21. The number of piperidine rings is 1. The van der Waals surface area contributed by atoms with Crippen molar-refractivity contribution in [2.75, 3.05) is 11.4 Å². The summed E-state index contributed by atoms with van der Waals surface area (Å²) < 4.78 is 3.60. The second-order valence-corrected chi connectivity index (χ2v) is 6.59. The molecular weight excluding hydrogens is 292 g/mol. The molecule has 2 aromatic rings. The molecule has 2 aliphatic rings. The molecule has 0 saturated carbocycles. The Balaban J connectivity index is 1.55. The number of hydrogen-bond acceptors (Lipinski definition) is 4. The van der Waals surface area contributed by atoms with Gasteiger partial charge in [-0.25, -0.2) is 0 Å². The minimum atomic E-state index is 0.225. The summed E-state index contributed by atoms with van der Waals surface area (Å²) in [4.78, 5) is 16.9. The smallest absolute Gasteiger partial charge is 0.227 e. The maximum absolute atomic E-state index is 12.5. The first-order chi connectivity index (χ1) is 11.1. The Kier molecular flexibility index (Phi) is 3.45. The first kappa shape index (κ1) is 14.4. The lowest BCUT2D eigenvalue weighted by Crippen LogP contribution is -2.52. The number of hydrogen-bond donors (Lipinski definition) is 0. The molecule has 7 nitrogen and oxygen atoms in total. The molecule has 0 unspecified atom stereocenters. The van der Waals surface area contributed by atoms with Gasteiger partial charge in [0.2, 0.25) is 5.91 Å². The van der Waals surface area contributed by atoms with E-state index in [1.54, 1.807) is 10.9 Å². The van der Waals surface area contributed by atoms with Crippen molar-refractivity contribution in [3.8, 4) is 0 Å². The number of nitrogens with zero attached hydrogens (tertiary/aromatic N) is 6. The zero-order chi connectivity index (χ0) is 16.0. The SMILES string of the molecule is Cn1cc(CN2CC[C@H]3[C@@H]2CCC(=O)N3c2cnn(C)c2)cn1. The molecule has 0 aliphatic carbocycles. The molecule has 23 heavy (non-hydrogen) atoms. The molecule has 122 valence electrons. The predicted octanol–water partition coefficient (Wildman–Crippen LogP) is 0.923. The quantitative estimate of drug-likeness (QED) is 0.845. The molecule has 2 saturated heterocycles. The van der Waals surface area contributed by atoms with Gasteiger partial charge in [0.25, 0.3) is 0 Å². The van der Waals surface area contributed by atoms with Crippen molar-refractivity contribution in [1.29, 1.82) is 0 Å². The Morgan fingerprint density at radius 1 is 1.09 bits per heavy atom. The van der Waals surface area contributed by atoms with Crippen LogP contribution < -0.4 is 4.90 Å². The Morgan fingerprint density at radius 2 is 1.87 bits per heavy atom. The second-order valence-electron chi connectivity index (χ2n) is 6.59. The van der Waals surface area contributed by atoms with Crippen LogP contribution in [0.1, 0.15) is 24.8 Å². The number of fused-ring (bicyclic) bond motifs is 1. The number of likely N-dealkylation sites (tertiary alicyclic amines) is 1. The first-order valence-electron chi connectivity index (χ1n) is 8.14. The normalized spacial score (nSPS) is 25.1. The highest BCUT2D eigenvalue weighted by atomic mass is 16.2. The van der Waals surface area contributed by atoms with Crippen LogP contribution >= 0.6 is 0 Å². The molecule has 0 spiro atoms. The maximum Gasteiger partial charge on any atom is 0.227 e. The van der Waals surface area contributed by atoms with Crippen LogP contribution in [-0.2, 0) is 25.4 Å². The standard InChI is InChI=1S/C16H22N6O/c1-19-9-12(7-17-19)10-21-6-5-15-14(21)3-4-16(23)22(15)13-8-18-20(2)11-13/h7-9,11,14-15H,3-6,10H2,1-2H3/t14-,15-/m0/s1. The van der Waals surface area contributed by atoms with Crippen LogP contribution in [-0.4, -0.2) is 49.0 Å². The van der Waals surface area contributed by atoms with Crippen molar-refractivity contribution in [3.63, 3.8) is 0 Å². The Hall–Kier alpha value is -2.15. The third-order valence-corrected chi connectivity index (χ3v) is 4.99. The zero-order valence-corrected chi connectivity index (χ0v) is 13.6. The van der Waals surface area contributed by atoms with Crippen LogP contribution in [0.4, 0.5) is 5.69 Å². The van der Waals surface area contributed by atoms with Gasteiger partial charge in [-0.05, 0) is 12.8 Å². The number of anilines is 1. The molecule has 2 fully saturated rings. The summed E-state index contributed by atoms with van der Waals surface area (Å²) in [6, 6.07) is 0.685. The molecule has 0 radical (unpaired) electrons. The summed E-state index contributed by atoms with van der Waals surface area (Å²) in [6.45, 7) is 1.93. The summed E-state index contributed by atoms with van der Waals surface area (Å²) in [5.74, 6) is 0.225. The first-order valence-corrected chi connectivity index (χ1v) is 8.14. The molecule has 2 aromatic heterocycles. The lowest BCUT2D eigenvalue weighted by molar-refractivity contribution is -0.120. The number of aromatic nitrogens is 4. The van der Waals surface area contributed by atoms with E-state index in [1.807, 2.05) is 36.1 Å². The van der Waals surface area contributed by atoms with Crippen molar-refractivity contribution >= 4 is 11.6 Å². The molecule has 2 atom stereocenters. The van der Waals surface area contributed by atoms with Crippen molar-refractivity contribution in [1.82, 2.24) is 24.5 Å². The molecule has 1 amide bonds. The van der Waals surface area contributed by atoms with Crippen LogP contribution in [0.25, 0.3) is 0 Å². The highest BCUT2D eigenvalue weighted by Crippen LogP contribution is 2.35. The molecular formula is C16H22N6O. The van der Waals surface area contributed by atoms with Gasteiger partial charge in [-0.1, -0.05) is 0 Å². The van der Waals surface area contributed by atoms with Crippen molar-refractivity contribution in [3.05, 3.63) is 30.4 Å². The topological polar surface area (TPSA) is 59.2 Å². The van der Waals surface area contributed by atoms with Crippen LogP contribution in [0.3, 0.4) is 0 Å². The van der Waals surface area contributed by atoms with Gasteiger partial charge in [0.1, 0.15) is 0 Å². The van der Waals surface area contributed by atoms with E-state index >= 15 is 0 Å². The monoisotopic (exact) mass is 314 g/mol. The highest BCUT2D eigenvalue weighted by Gasteiger charge is 2.43. The number of carbonyl (C=O) groups is 1. The molecule has 0 bridgehead atoms. The van der Waals surface area contributed by atoms with Crippen LogP contribution in [0.15, 0.2) is 24.8 Å². The van der Waals surface area contributed by atoms with E-state index in [1.165, 1.54) is 5.56 Å². The molecule has 4 rings (SSSR count). The third-order valence-electron chi connectivity index (χ3n) is 4.99. The minimum absolute atomic E-state index is 0.225. The van der Waals surface area contributed by atoms with Crippen LogP contribution in [0.5, 0.6) is 0 Å². The van der Waals surface area contributed by atoms with E-state index in [-0.39, 0.29) is 11.9 Å². The van der Waals surface area contributed by atoms with Gasteiger partial charge in [0.15, 0.2) is 0 Å². The van der Waals surface area contributed by atoms with E-state index < -0.39 is 0 Å². The summed E-state index contributed by atoms with van der Waals surface area (Å²) >= 11 is 0. The Bertz CT molecular complexity index is 720. The van der Waals surface area contributed by atoms with Crippen LogP contribution in [0, 0.1) is 0 Å². The average molecular weight is 314 g/mol. The fourth-order valence-corrected chi connectivity index (χ4v) is 4.01. The van der Waals surface area contributed by atoms with Gasteiger partial charge in [0, 0.05) is 57.6 Å². The van der Waals surface area contributed by atoms with E-state index in [0.29, 0.717) is 12.5 Å². The van der Waals surface area contributed by atoms with Crippen LogP contribution in [0.2, 0.25) is 0 Å². The van der Waals surface area contributed by atoms with E-state index in [4.69, 9.17) is 0 Å². The van der Waals surface area contributed by atoms with Gasteiger partial charge in [-0.2, -0.15) is 10.2 Å². The number of carbonyl (C=O) groups excluding carboxylic acids is 1. The molecule has 0 N–H and O–H groups in total. The number of aryl methyl sites for hydroxylation is 2. The lowest BCUT2D eigenvalue weighted by Gasteiger charge is -2.39. The van der Waals surface area contributed by atoms with E-state index in [9.17, 15) is 4.79 Å².